The first-order valence-corrected chi connectivity index (χ1v) is 12.5. The predicted molar refractivity (Wildman–Crippen MR) is 126 cm³/mol. The molecule has 0 spiro atoms. The Hall–Kier alpha value is -1.25. The van der Waals surface area contributed by atoms with E-state index in [9.17, 15) is 0 Å². The summed E-state index contributed by atoms with van der Waals surface area (Å²) in [5.41, 5.74) is 0.966. The van der Waals surface area contributed by atoms with Gasteiger partial charge in [-0.3, -0.25) is 0 Å². The average Bonchev–Trinajstić information content (AvgIpc) is 2.83. The molecule has 1 aliphatic rings. The Bertz CT molecular complexity index is 613. The number of ether oxygens (including phenoxy) is 6. The molecular weight excluding hydrogens is 427 g/mol. The second-order valence-corrected chi connectivity index (χ2v) is 8.46. The van der Waals surface area contributed by atoms with Gasteiger partial charge in [0.2, 0.25) is 6.36 Å². The third-order valence-electron chi connectivity index (χ3n) is 5.72. The lowest BCUT2D eigenvalue weighted by Crippen LogP contribution is -2.60. The zero-order valence-corrected chi connectivity index (χ0v) is 20.8. The molecule has 0 aromatic heterocycles. The minimum absolute atomic E-state index is 0.265. The molecule has 3 unspecified atom stereocenters. The van der Waals surface area contributed by atoms with E-state index in [2.05, 4.69) is 20.8 Å². The van der Waals surface area contributed by atoms with Gasteiger partial charge >= 0.3 is 0 Å². The van der Waals surface area contributed by atoms with Crippen molar-refractivity contribution in [2.75, 3.05) is 33.5 Å². The summed E-state index contributed by atoms with van der Waals surface area (Å²) in [5.74, 6) is 0.777. The highest BCUT2D eigenvalue weighted by Gasteiger charge is 2.48. The number of halogens is 1. The standard InChI is InChI=1S/C26H43FO6/c1-5-8-15-29-19-22-23(30-16-9-6-2)24(25(26(27)33-22)31-17-10-7-3)32-18-20-11-13-21(28-4)14-12-20/h11-14,22-26H,5-10,15-19H2,1-4H3/t22?,23-,24?,25?,26+/m0/s1. The maximum absolute atomic E-state index is 15.2. The van der Waals surface area contributed by atoms with Gasteiger partial charge in [0.25, 0.3) is 0 Å². The van der Waals surface area contributed by atoms with Gasteiger partial charge in [0.05, 0.1) is 20.3 Å². The predicted octanol–water partition coefficient (Wildman–Crippen LogP) is 5.46. The summed E-state index contributed by atoms with van der Waals surface area (Å²) in [5, 5.41) is 0. The third kappa shape index (κ3) is 9.49. The van der Waals surface area contributed by atoms with Crippen molar-refractivity contribution in [2.24, 2.45) is 0 Å². The van der Waals surface area contributed by atoms with Crippen molar-refractivity contribution >= 4 is 0 Å². The van der Waals surface area contributed by atoms with Crippen molar-refractivity contribution in [1.82, 2.24) is 0 Å². The number of hydrogen-bond donors (Lipinski definition) is 0. The van der Waals surface area contributed by atoms with Crippen molar-refractivity contribution < 1.29 is 32.8 Å². The highest BCUT2D eigenvalue weighted by Crippen LogP contribution is 2.30. The minimum atomic E-state index is -1.60. The molecule has 5 atom stereocenters. The van der Waals surface area contributed by atoms with Crippen LogP contribution in [0.25, 0.3) is 0 Å². The van der Waals surface area contributed by atoms with E-state index in [0.717, 1.165) is 49.8 Å². The number of benzene rings is 1. The fraction of sp³-hybridized carbons (Fsp3) is 0.769. The van der Waals surface area contributed by atoms with Gasteiger partial charge in [-0.2, -0.15) is 0 Å². The molecule has 1 heterocycles. The zero-order valence-electron chi connectivity index (χ0n) is 20.8. The van der Waals surface area contributed by atoms with Crippen molar-refractivity contribution in [3.8, 4) is 5.75 Å². The van der Waals surface area contributed by atoms with Gasteiger partial charge in [-0.15, -0.1) is 0 Å². The summed E-state index contributed by atoms with van der Waals surface area (Å²) >= 11 is 0. The van der Waals surface area contributed by atoms with Crippen molar-refractivity contribution in [2.45, 2.75) is 96.7 Å². The largest absolute Gasteiger partial charge is 0.497 e. The van der Waals surface area contributed by atoms with Crippen LogP contribution in [0.4, 0.5) is 4.39 Å². The Morgan fingerprint density at radius 3 is 2.00 bits per heavy atom. The maximum atomic E-state index is 15.2. The lowest BCUT2D eigenvalue weighted by atomic mass is 9.98. The van der Waals surface area contributed by atoms with E-state index in [1.807, 2.05) is 24.3 Å². The van der Waals surface area contributed by atoms with E-state index in [1.54, 1.807) is 7.11 Å². The molecule has 1 aromatic carbocycles. The van der Waals surface area contributed by atoms with E-state index in [-0.39, 0.29) is 6.61 Å². The van der Waals surface area contributed by atoms with Crippen LogP contribution in [0.2, 0.25) is 0 Å². The molecule has 1 saturated heterocycles. The first-order chi connectivity index (χ1) is 16.1. The van der Waals surface area contributed by atoms with Gasteiger partial charge < -0.3 is 28.4 Å². The molecule has 0 aliphatic carbocycles. The van der Waals surface area contributed by atoms with E-state index in [0.29, 0.717) is 26.4 Å². The first kappa shape index (κ1) is 28.0. The molecule has 2 rings (SSSR count). The molecule has 1 aliphatic heterocycles. The molecule has 0 N–H and O–H groups in total. The van der Waals surface area contributed by atoms with E-state index in [4.69, 9.17) is 28.4 Å². The molecule has 1 aromatic rings. The lowest BCUT2D eigenvalue weighted by molar-refractivity contribution is -0.294. The number of hydrogen-bond acceptors (Lipinski definition) is 6. The smallest absolute Gasteiger partial charge is 0.228 e. The monoisotopic (exact) mass is 470 g/mol. The molecule has 0 radical (unpaired) electrons. The molecule has 33 heavy (non-hydrogen) atoms. The highest BCUT2D eigenvalue weighted by molar-refractivity contribution is 5.26. The van der Waals surface area contributed by atoms with Crippen LogP contribution >= 0.6 is 0 Å². The molecular formula is C26H43FO6. The molecule has 1 fully saturated rings. The van der Waals surface area contributed by atoms with Crippen molar-refractivity contribution in [3.05, 3.63) is 29.8 Å². The van der Waals surface area contributed by atoms with Crippen molar-refractivity contribution in [3.63, 3.8) is 0 Å². The van der Waals surface area contributed by atoms with E-state index >= 15 is 4.39 Å². The zero-order chi connectivity index (χ0) is 23.9. The van der Waals surface area contributed by atoms with Gasteiger partial charge in [0.1, 0.15) is 30.2 Å². The summed E-state index contributed by atoms with van der Waals surface area (Å²) in [6, 6.07) is 7.65. The van der Waals surface area contributed by atoms with Crippen LogP contribution < -0.4 is 4.74 Å². The second-order valence-electron chi connectivity index (χ2n) is 8.46. The SMILES string of the molecule is CCCCOCC1O[C@@H](F)C(OCCCC)C(OCc2ccc(OC)cc2)[C@H]1OCCCC. The summed E-state index contributed by atoms with van der Waals surface area (Å²) in [7, 11) is 1.63. The second kappa shape index (κ2) is 16.4. The van der Waals surface area contributed by atoms with Gasteiger partial charge in [-0.1, -0.05) is 52.2 Å². The van der Waals surface area contributed by atoms with Gasteiger partial charge in [0, 0.05) is 19.8 Å². The number of methoxy groups -OCH3 is 1. The number of unbranched alkanes of at least 4 members (excludes halogenated alkanes) is 3. The fourth-order valence-electron chi connectivity index (χ4n) is 3.65. The summed E-state index contributed by atoms with van der Waals surface area (Å²) in [6.45, 7) is 8.49. The number of rotatable bonds is 17. The number of alkyl halides is 1. The summed E-state index contributed by atoms with van der Waals surface area (Å²) in [4.78, 5) is 0. The van der Waals surface area contributed by atoms with E-state index < -0.39 is 30.8 Å². The maximum Gasteiger partial charge on any atom is 0.228 e. The summed E-state index contributed by atoms with van der Waals surface area (Å²) in [6.07, 6.45) is 1.62. The molecule has 6 nitrogen and oxygen atoms in total. The van der Waals surface area contributed by atoms with Gasteiger partial charge in [-0.25, -0.2) is 4.39 Å². The third-order valence-corrected chi connectivity index (χ3v) is 5.72. The Labute approximate surface area is 199 Å². The highest BCUT2D eigenvalue weighted by atomic mass is 19.1. The summed E-state index contributed by atoms with van der Waals surface area (Å²) < 4.78 is 50.4. The topological polar surface area (TPSA) is 55.4 Å². The fourth-order valence-corrected chi connectivity index (χ4v) is 3.65. The lowest BCUT2D eigenvalue weighted by Gasteiger charge is -2.43. The molecule has 7 heteroatoms. The molecule has 0 bridgehead atoms. The molecule has 0 saturated carbocycles. The molecule has 0 amide bonds. The minimum Gasteiger partial charge on any atom is -0.497 e. The van der Waals surface area contributed by atoms with E-state index in [1.165, 1.54) is 0 Å². The Balaban J connectivity index is 2.16. The van der Waals surface area contributed by atoms with Crippen LogP contribution in [0.15, 0.2) is 24.3 Å². The average molecular weight is 471 g/mol. The quantitative estimate of drug-likeness (QED) is 0.282. The van der Waals surface area contributed by atoms with Crippen molar-refractivity contribution in [1.29, 1.82) is 0 Å². The Kier molecular flexibility index (Phi) is 13.9. The van der Waals surface area contributed by atoms with Crippen LogP contribution in [0.1, 0.15) is 64.9 Å². The van der Waals surface area contributed by atoms with Gasteiger partial charge in [-0.05, 0) is 37.0 Å². The van der Waals surface area contributed by atoms with Crippen LogP contribution in [-0.2, 0) is 30.3 Å². The van der Waals surface area contributed by atoms with Crippen LogP contribution in [0, 0.1) is 0 Å². The first-order valence-electron chi connectivity index (χ1n) is 12.5. The Morgan fingerprint density at radius 1 is 0.788 bits per heavy atom. The Morgan fingerprint density at radius 2 is 1.39 bits per heavy atom. The van der Waals surface area contributed by atoms with Gasteiger partial charge in [0.15, 0.2) is 0 Å². The van der Waals surface area contributed by atoms with Crippen LogP contribution in [0.5, 0.6) is 5.75 Å². The normalized spacial score (nSPS) is 25.3. The molecule has 190 valence electrons. The van der Waals surface area contributed by atoms with Crippen LogP contribution in [0.3, 0.4) is 0 Å². The van der Waals surface area contributed by atoms with Crippen LogP contribution in [-0.4, -0.2) is 64.3 Å².